The molecule has 0 radical (unpaired) electrons. The summed E-state index contributed by atoms with van der Waals surface area (Å²) in [6.45, 7) is 6.05. The fourth-order valence-electron chi connectivity index (χ4n) is 3.34. The van der Waals surface area contributed by atoms with E-state index in [2.05, 4.69) is 16.8 Å². The number of rotatable bonds is 6. The molecule has 0 unspecified atom stereocenters. The van der Waals surface area contributed by atoms with Gasteiger partial charge < -0.3 is 29.6 Å². The molecule has 0 saturated heterocycles. The lowest BCUT2D eigenvalue weighted by Gasteiger charge is -2.37. The Labute approximate surface area is 190 Å². The zero-order valence-corrected chi connectivity index (χ0v) is 19.7. The Balaban J connectivity index is 2.42. The maximum Gasteiger partial charge on any atom is 0.259 e. The minimum atomic E-state index is -0.810. The highest BCUT2D eigenvalue weighted by atomic mass is 16.5. The molecule has 2 rings (SSSR count). The monoisotopic (exact) mass is 446 g/mol. The number of likely N-dealkylation sites (N-methyl/N-ethyl adjacent to an activating group) is 2. The molecule has 9 nitrogen and oxygen atoms in total. The number of aliphatic hydroxyl groups is 2. The Morgan fingerprint density at radius 1 is 1.38 bits per heavy atom. The molecule has 0 spiro atoms. The first-order valence-corrected chi connectivity index (χ1v) is 10.7. The summed E-state index contributed by atoms with van der Waals surface area (Å²) in [7, 11) is 5.39. The molecule has 1 aliphatic rings. The number of hydrogen-bond donors (Lipinski definition) is 2. The van der Waals surface area contributed by atoms with Crippen molar-refractivity contribution in [3.05, 3.63) is 23.4 Å². The average Bonchev–Trinajstić information content (AvgIpc) is 2.73. The quantitative estimate of drug-likeness (QED) is 0.595. The summed E-state index contributed by atoms with van der Waals surface area (Å²) in [5.41, 5.74) is 0.712. The van der Waals surface area contributed by atoms with Crippen LogP contribution in [0.25, 0.3) is 0 Å². The van der Waals surface area contributed by atoms with Gasteiger partial charge >= 0.3 is 0 Å². The Bertz CT molecular complexity index is 877. The van der Waals surface area contributed by atoms with Gasteiger partial charge in [0.1, 0.15) is 17.8 Å². The highest BCUT2D eigenvalue weighted by molar-refractivity contribution is 5.97. The number of aliphatic hydroxyl groups excluding tert-OH is 2. The van der Waals surface area contributed by atoms with Gasteiger partial charge in [0.2, 0.25) is 11.8 Å². The van der Waals surface area contributed by atoms with Gasteiger partial charge in [-0.1, -0.05) is 18.8 Å². The van der Waals surface area contributed by atoms with Crippen LogP contribution >= 0.6 is 0 Å². The zero-order valence-electron chi connectivity index (χ0n) is 19.7. The summed E-state index contributed by atoms with van der Waals surface area (Å²) >= 11 is 0. The number of carbonyl (C=O) groups is 2. The van der Waals surface area contributed by atoms with Crippen LogP contribution in [-0.2, 0) is 4.79 Å². The van der Waals surface area contributed by atoms with Crippen LogP contribution in [0.1, 0.15) is 36.7 Å². The van der Waals surface area contributed by atoms with Crippen LogP contribution in [0.2, 0.25) is 0 Å². The first-order valence-electron chi connectivity index (χ1n) is 10.7. The summed E-state index contributed by atoms with van der Waals surface area (Å²) in [5, 5.41) is 19.1. The maximum absolute atomic E-state index is 13.3. The Morgan fingerprint density at radius 3 is 2.66 bits per heavy atom. The molecule has 2 amide bonds. The zero-order chi connectivity index (χ0) is 24.0. The molecule has 0 fully saturated rings. The lowest BCUT2D eigenvalue weighted by Crippen LogP contribution is -2.51. The van der Waals surface area contributed by atoms with Gasteiger partial charge in [0.25, 0.3) is 5.91 Å². The van der Waals surface area contributed by atoms with Crippen molar-refractivity contribution in [2.24, 2.45) is 5.92 Å². The molecular formula is C23H34N4O5. The van der Waals surface area contributed by atoms with Crippen molar-refractivity contribution in [2.75, 3.05) is 47.4 Å². The van der Waals surface area contributed by atoms with Crippen molar-refractivity contribution < 1.29 is 24.5 Å². The van der Waals surface area contributed by atoms with Gasteiger partial charge in [-0.3, -0.25) is 9.59 Å². The summed E-state index contributed by atoms with van der Waals surface area (Å²) in [5.74, 6) is 5.13. The van der Waals surface area contributed by atoms with Crippen molar-refractivity contribution in [1.29, 1.82) is 0 Å². The van der Waals surface area contributed by atoms with Gasteiger partial charge in [0.05, 0.1) is 25.7 Å². The highest BCUT2D eigenvalue weighted by Gasteiger charge is 2.34. The molecule has 1 aromatic heterocycles. The van der Waals surface area contributed by atoms with Crippen LogP contribution in [0, 0.1) is 17.8 Å². The number of aromatic nitrogens is 1. The third-order valence-corrected chi connectivity index (χ3v) is 5.28. The fraction of sp³-hybridized carbons (Fsp3) is 0.609. The molecular weight excluding hydrogens is 412 g/mol. The molecule has 9 heteroatoms. The molecule has 0 bridgehead atoms. The van der Waals surface area contributed by atoms with Crippen molar-refractivity contribution >= 4 is 11.8 Å². The number of hydrogen-bond acceptors (Lipinski definition) is 7. The second-order valence-corrected chi connectivity index (χ2v) is 8.66. The number of fused-ring (bicyclic) bond motifs is 1. The molecule has 0 saturated carbocycles. The van der Waals surface area contributed by atoms with E-state index < -0.39 is 18.2 Å². The highest BCUT2D eigenvalue weighted by Crippen LogP contribution is 2.27. The molecule has 1 aliphatic heterocycles. The van der Waals surface area contributed by atoms with E-state index in [0.717, 1.165) is 0 Å². The normalized spacial score (nSPS) is 20.3. The molecule has 2 heterocycles. The number of nitrogens with zero attached hydrogens (tertiary/aromatic N) is 4. The summed E-state index contributed by atoms with van der Waals surface area (Å²) in [6, 6.07) is 1.18. The number of carbonyl (C=O) groups excluding carboxylic acids is 2. The number of amides is 2. The third kappa shape index (κ3) is 6.66. The molecule has 4 atom stereocenters. The second kappa shape index (κ2) is 11.3. The Morgan fingerprint density at radius 2 is 2.06 bits per heavy atom. The van der Waals surface area contributed by atoms with Crippen LogP contribution in [0.15, 0.2) is 12.3 Å². The molecule has 0 aromatic carbocycles. The van der Waals surface area contributed by atoms with E-state index in [-0.39, 0.29) is 42.3 Å². The van der Waals surface area contributed by atoms with E-state index in [1.165, 1.54) is 6.20 Å². The average molecular weight is 447 g/mol. The number of ether oxygens (including phenoxy) is 1. The summed E-state index contributed by atoms with van der Waals surface area (Å²) in [4.78, 5) is 35.1. The summed E-state index contributed by atoms with van der Waals surface area (Å²) < 4.78 is 6.16. The van der Waals surface area contributed by atoms with Gasteiger partial charge in [-0.2, -0.15) is 0 Å². The standard InChI is InChI=1S/C23H34N4O5/c1-15-11-27(16(2)14-28)23(31)19-9-18(8-7-17(3)29)10-24-22(19)32-20(15)12-26(6)21(30)13-25(4)5/h9-10,15-17,20,28-29H,11-14H2,1-6H3/t15-,16+,17+,20+/m1/s1. The van der Waals surface area contributed by atoms with Crippen molar-refractivity contribution in [3.8, 4) is 17.7 Å². The topological polar surface area (TPSA) is 106 Å². The van der Waals surface area contributed by atoms with E-state index in [4.69, 9.17) is 4.74 Å². The van der Waals surface area contributed by atoms with Crippen LogP contribution in [0.4, 0.5) is 0 Å². The predicted octanol–water partition coefficient (Wildman–Crippen LogP) is 0.0540. The van der Waals surface area contributed by atoms with Crippen LogP contribution in [-0.4, -0.2) is 107 Å². The Hall–Kier alpha value is -2.67. The van der Waals surface area contributed by atoms with Gasteiger partial charge in [-0.15, -0.1) is 0 Å². The minimum Gasteiger partial charge on any atom is -0.472 e. The number of pyridine rings is 1. The van der Waals surface area contributed by atoms with E-state index >= 15 is 0 Å². The maximum atomic E-state index is 13.3. The van der Waals surface area contributed by atoms with E-state index in [0.29, 0.717) is 18.7 Å². The van der Waals surface area contributed by atoms with Crippen molar-refractivity contribution in [1.82, 2.24) is 19.7 Å². The van der Waals surface area contributed by atoms with Gasteiger partial charge in [-0.05, 0) is 34.0 Å². The van der Waals surface area contributed by atoms with E-state index in [9.17, 15) is 19.8 Å². The van der Waals surface area contributed by atoms with Crippen LogP contribution < -0.4 is 4.74 Å². The predicted molar refractivity (Wildman–Crippen MR) is 120 cm³/mol. The first kappa shape index (κ1) is 25.6. The van der Waals surface area contributed by atoms with Crippen molar-refractivity contribution in [2.45, 2.75) is 39.0 Å². The lowest BCUT2D eigenvalue weighted by molar-refractivity contribution is -0.132. The first-order chi connectivity index (χ1) is 15.0. The van der Waals surface area contributed by atoms with Gasteiger partial charge in [0.15, 0.2) is 0 Å². The van der Waals surface area contributed by atoms with Gasteiger partial charge in [-0.25, -0.2) is 4.98 Å². The fourth-order valence-corrected chi connectivity index (χ4v) is 3.34. The molecule has 0 aliphatic carbocycles. The van der Waals surface area contributed by atoms with Crippen molar-refractivity contribution in [3.63, 3.8) is 0 Å². The molecule has 176 valence electrons. The minimum absolute atomic E-state index is 0.0403. The molecule has 1 aromatic rings. The Kier molecular flexibility index (Phi) is 9.01. The van der Waals surface area contributed by atoms with Crippen LogP contribution in [0.5, 0.6) is 5.88 Å². The molecule has 32 heavy (non-hydrogen) atoms. The smallest absolute Gasteiger partial charge is 0.259 e. The summed E-state index contributed by atoms with van der Waals surface area (Å²) in [6.07, 6.45) is 0.273. The van der Waals surface area contributed by atoms with E-state index in [1.54, 1.807) is 41.7 Å². The van der Waals surface area contributed by atoms with Crippen LogP contribution in [0.3, 0.4) is 0 Å². The third-order valence-electron chi connectivity index (χ3n) is 5.28. The largest absolute Gasteiger partial charge is 0.472 e. The van der Waals surface area contributed by atoms with E-state index in [1.807, 2.05) is 21.0 Å². The second-order valence-electron chi connectivity index (χ2n) is 8.66. The SMILES string of the molecule is C[C@H](O)C#Cc1cnc2c(c1)C(=O)N([C@@H](C)CO)C[C@@H](C)[C@H](CN(C)C(=O)CN(C)C)O2. The lowest BCUT2D eigenvalue weighted by atomic mass is 10.00. The van der Waals surface area contributed by atoms with Gasteiger partial charge in [0, 0.05) is 31.3 Å². The molecule has 2 N–H and O–H groups in total.